The lowest BCUT2D eigenvalue weighted by Gasteiger charge is -2.31. The predicted octanol–water partition coefficient (Wildman–Crippen LogP) is 15.3. The number of amides is 1. The molecule has 0 saturated heterocycles. The van der Waals surface area contributed by atoms with E-state index in [2.05, 4.69) is 46.4 Å². The highest BCUT2D eigenvalue weighted by Crippen LogP contribution is 2.19. The summed E-state index contributed by atoms with van der Waals surface area (Å²) in [6, 6.07) is -0.691. The number of unbranched alkanes of at least 4 members (excludes halogenated alkanes) is 21. The van der Waals surface area contributed by atoms with Gasteiger partial charge in [-0.05, 0) is 117 Å². The summed E-state index contributed by atoms with van der Waals surface area (Å²) < 4.78 is 28.9. The van der Waals surface area contributed by atoms with Crippen molar-refractivity contribution >= 4 is 35.8 Å². The van der Waals surface area contributed by atoms with Gasteiger partial charge >= 0.3 is 29.8 Å². The zero-order chi connectivity index (χ0) is 55.6. The Labute approximate surface area is 459 Å². The summed E-state index contributed by atoms with van der Waals surface area (Å²) in [5.41, 5.74) is 0. The molecule has 0 aliphatic rings. The van der Waals surface area contributed by atoms with Crippen LogP contribution < -0.4 is 0 Å². The zero-order valence-corrected chi connectivity index (χ0v) is 49.8. The SMILES string of the molecule is CCCCCC(CC)OC(=O)CCCCCCCCCCC(=O)OCC(COC(=O)CCCCCCCCCCC(=O)OC(CC)CCCCC)N(CCCCN(C)C)C(=O)CCC(=O)OC(CCC)CCCCC. The van der Waals surface area contributed by atoms with Gasteiger partial charge in [-0.15, -0.1) is 0 Å². The Bertz CT molecular complexity index is 1340. The Morgan fingerprint density at radius 1 is 0.333 bits per heavy atom. The molecule has 1 amide bonds. The second-order valence-corrected chi connectivity index (χ2v) is 21.7. The van der Waals surface area contributed by atoms with Crippen molar-refractivity contribution in [3.63, 3.8) is 0 Å². The largest absolute Gasteiger partial charge is 0.463 e. The lowest BCUT2D eigenvalue weighted by Crippen LogP contribution is -2.47. The van der Waals surface area contributed by atoms with Gasteiger partial charge in [-0.1, -0.05) is 164 Å². The lowest BCUT2D eigenvalue weighted by molar-refractivity contribution is -0.155. The smallest absolute Gasteiger partial charge is 0.306 e. The Kier molecular flexibility index (Phi) is 49.3. The maximum absolute atomic E-state index is 14.1. The maximum Gasteiger partial charge on any atom is 0.306 e. The van der Waals surface area contributed by atoms with Crippen molar-refractivity contribution in [2.24, 2.45) is 0 Å². The summed E-state index contributed by atoms with van der Waals surface area (Å²) in [4.78, 5) is 81.9. The van der Waals surface area contributed by atoms with Crippen LogP contribution in [-0.4, -0.2) is 110 Å². The Balaban J connectivity index is 5.26. The van der Waals surface area contributed by atoms with Gasteiger partial charge in [0, 0.05) is 38.6 Å². The fourth-order valence-electron chi connectivity index (χ4n) is 9.40. The van der Waals surface area contributed by atoms with E-state index < -0.39 is 6.04 Å². The van der Waals surface area contributed by atoms with Crippen LogP contribution in [0.1, 0.15) is 298 Å². The molecule has 3 unspecified atom stereocenters. The van der Waals surface area contributed by atoms with Crippen molar-refractivity contribution in [1.82, 2.24) is 9.80 Å². The number of nitrogens with zero attached hydrogens (tertiary/aromatic N) is 2. The highest BCUT2D eigenvalue weighted by Gasteiger charge is 2.28. The van der Waals surface area contributed by atoms with E-state index >= 15 is 0 Å². The number of ether oxygens (including phenoxy) is 5. The van der Waals surface area contributed by atoms with E-state index in [1.54, 1.807) is 4.90 Å². The average molecular weight is 1070 g/mol. The van der Waals surface area contributed by atoms with Gasteiger partial charge in [0.25, 0.3) is 0 Å². The standard InChI is InChI=1S/C62H116N2O11/c1-9-15-30-40-54(13-5)73-60(68)45-35-28-24-20-18-22-26-33-43-58(66)71-51-53(64(50-38-37-49-63(7)8)57(65)47-48-62(70)75-56(39-12-4)42-32-17-11-3)52-72-59(67)44-34-27-23-19-21-25-29-36-46-61(69)74-55(14-6)41-31-16-10-2/h53-56H,9-52H2,1-8H3. The molecule has 75 heavy (non-hydrogen) atoms. The van der Waals surface area contributed by atoms with Gasteiger partial charge in [-0.25, -0.2) is 0 Å². The monoisotopic (exact) mass is 1060 g/mol. The minimum Gasteiger partial charge on any atom is -0.463 e. The topological polar surface area (TPSA) is 155 Å². The van der Waals surface area contributed by atoms with Crippen molar-refractivity contribution in [2.45, 2.75) is 323 Å². The number of rotatable bonds is 54. The van der Waals surface area contributed by atoms with Crippen LogP contribution in [0.3, 0.4) is 0 Å². The van der Waals surface area contributed by atoms with Crippen LogP contribution in [0.5, 0.6) is 0 Å². The van der Waals surface area contributed by atoms with Crippen molar-refractivity contribution < 1.29 is 52.5 Å². The van der Waals surface area contributed by atoms with Crippen LogP contribution in [0.15, 0.2) is 0 Å². The van der Waals surface area contributed by atoms with Crippen molar-refractivity contribution in [3.05, 3.63) is 0 Å². The molecular weight excluding hydrogens is 949 g/mol. The second-order valence-electron chi connectivity index (χ2n) is 21.7. The molecule has 13 nitrogen and oxygen atoms in total. The fraction of sp³-hybridized carbons (Fsp3) is 0.903. The van der Waals surface area contributed by atoms with Crippen LogP contribution in [0.4, 0.5) is 0 Å². The van der Waals surface area contributed by atoms with E-state index in [9.17, 15) is 28.8 Å². The fourth-order valence-corrected chi connectivity index (χ4v) is 9.40. The molecule has 0 aromatic carbocycles. The normalized spacial score (nSPS) is 13.0. The molecule has 0 radical (unpaired) electrons. The first-order valence-electron chi connectivity index (χ1n) is 31.2. The first-order chi connectivity index (χ1) is 36.3. The molecule has 0 heterocycles. The molecule has 0 bridgehead atoms. The molecule has 0 rings (SSSR count). The minimum atomic E-state index is -0.691. The molecule has 0 aromatic heterocycles. The number of hydrogen-bond acceptors (Lipinski definition) is 12. The highest BCUT2D eigenvalue weighted by atomic mass is 16.6. The van der Waals surface area contributed by atoms with Gasteiger partial charge in [0.15, 0.2) is 0 Å². The summed E-state index contributed by atoms with van der Waals surface area (Å²) in [5.74, 6) is -1.47. The van der Waals surface area contributed by atoms with Crippen molar-refractivity contribution in [3.8, 4) is 0 Å². The van der Waals surface area contributed by atoms with Gasteiger partial charge < -0.3 is 33.5 Å². The molecule has 3 atom stereocenters. The van der Waals surface area contributed by atoms with Gasteiger partial charge in [0.1, 0.15) is 31.5 Å². The second kappa shape index (κ2) is 51.5. The molecular formula is C62H116N2O11. The summed E-state index contributed by atoms with van der Waals surface area (Å²) in [6.07, 6.45) is 34.4. The van der Waals surface area contributed by atoms with Crippen molar-refractivity contribution in [2.75, 3.05) is 40.4 Å². The summed E-state index contributed by atoms with van der Waals surface area (Å²) in [6.45, 7) is 13.8. The number of carbonyl (C=O) groups excluding carboxylic acids is 6. The van der Waals surface area contributed by atoms with Crippen LogP contribution in [0.25, 0.3) is 0 Å². The highest BCUT2D eigenvalue weighted by molar-refractivity contribution is 5.82. The Morgan fingerprint density at radius 3 is 1.05 bits per heavy atom. The summed E-state index contributed by atoms with van der Waals surface area (Å²) in [5, 5.41) is 0. The summed E-state index contributed by atoms with van der Waals surface area (Å²) in [7, 11) is 4.01. The first-order valence-corrected chi connectivity index (χ1v) is 31.2. The molecule has 0 fully saturated rings. The first kappa shape index (κ1) is 71.8. The number of hydrogen-bond donors (Lipinski definition) is 0. The van der Waals surface area contributed by atoms with E-state index in [-0.39, 0.29) is 93.0 Å². The number of carbonyl (C=O) groups is 6. The van der Waals surface area contributed by atoms with Crippen LogP contribution in [0, 0.1) is 0 Å². The van der Waals surface area contributed by atoms with E-state index in [0.717, 1.165) is 193 Å². The maximum atomic E-state index is 14.1. The molecule has 0 aliphatic heterocycles. The van der Waals surface area contributed by atoms with Crippen LogP contribution >= 0.6 is 0 Å². The lowest BCUT2D eigenvalue weighted by atomic mass is 10.1. The Morgan fingerprint density at radius 2 is 0.680 bits per heavy atom. The van der Waals surface area contributed by atoms with E-state index in [0.29, 0.717) is 38.6 Å². The molecule has 0 aromatic rings. The third-order valence-corrected chi connectivity index (χ3v) is 14.3. The molecule has 0 saturated carbocycles. The number of esters is 5. The van der Waals surface area contributed by atoms with E-state index in [4.69, 9.17) is 23.7 Å². The van der Waals surface area contributed by atoms with E-state index in [1.807, 2.05) is 14.1 Å². The third kappa shape index (κ3) is 44.5. The molecule has 13 heteroatoms. The quantitative estimate of drug-likeness (QED) is 0.0323. The van der Waals surface area contributed by atoms with Gasteiger partial charge in [-0.3, -0.25) is 28.8 Å². The van der Waals surface area contributed by atoms with Crippen LogP contribution in [0.2, 0.25) is 0 Å². The van der Waals surface area contributed by atoms with Gasteiger partial charge in [0.05, 0.1) is 12.5 Å². The van der Waals surface area contributed by atoms with E-state index in [1.165, 1.54) is 12.8 Å². The zero-order valence-electron chi connectivity index (χ0n) is 49.8. The molecule has 0 spiro atoms. The summed E-state index contributed by atoms with van der Waals surface area (Å²) >= 11 is 0. The molecule has 0 N–H and O–H groups in total. The molecule has 440 valence electrons. The minimum absolute atomic E-state index is 0.0425. The molecule has 0 aliphatic carbocycles. The Hall–Kier alpha value is -3.22. The predicted molar refractivity (Wildman–Crippen MR) is 304 cm³/mol. The van der Waals surface area contributed by atoms with Crippen molar-refractivity contribution in [1.29, 1.82) is 0 Å². The average Bonchev–Trinajstić information content (AvgIpc) is 3.38. The van der Waals surface area contributed by atoms with Gasteiger partial charge in [-0.2, -0.15) is 0 Å². The third-order valence-electron chi connectivity index (χ3n) is 14.3. The van der Waals surface area contributed by atoms with Gasteiger partial charge in [0.2, 0.25) is 5.91 Å². The van der Waals surface area contributed by atoms with Crippen LogP contribution in [-0.2, 0) is 52.5 Å².